The second kappa shape index (κ2) is 13.0. The number of nitrogens with two attached hydrogens (primary N) is 2. The number of hydrogen-bond donors (Lipinski definition) is 7. The number of rotatable bonds is 13. The Balaban J connectivity index is 3.07. The Morgan fingerprint density at radius 2 is 1.58 bits per heavy atom. The van der Waals surface area contributed by atoms with Gasteiger partial charge in [0.25, 0.3) is 0 Å². The summed E-state index contributed by atoms with van der Waals surface area (Å²) in [6.07, 6.45) is -0.103. The van der Waals surface area contributed by atoms with Gasteiger partial charge < -0.3 is 37.6 Å². The van der Waals surface area contributed by atoms with E-state index in [-0.39, 0.29) is 18.7 Å². The molecule has 4 atom stereocenters. The van der Waals surface area contributed by atoms with Crippen LogP contribution in [0.25, 0.3) is 0 Å². The molecule has 1 rings (SSSR count). The number of nitrogens with one attached hydrogen (secondary N) is 3. The number of phenols is 1. The van der Waals surface area contributed by atoms with Crippen LogP contribution in [-0.2, 0) is 30.4 Å². The Morgan fingerprint density at radius 1 is 0.970 bits per heavy atom. The van der Waals surface area contributed by atoms with Gasteiger partial charge in [-0.1, -0.05) is 32.4 Å². The van der Waals surface area contributed by atoms with E-state index in [1.807, 2.05) is 0 Å². The minimum absolute atomic E-state index is 0.0307. The Labute approximate surface area is 191 Å². The van der Waals surface area contributed by atoms with Crippen molar-refractivity contribution in [2.45, 2.75) is 51.2 Å². The molecule has 4 amide bonds. The van der Waals surface area contributed by atoms with E-state index in [4.69, 9.17) is 11.5 Å². The first-order valence-corrected chi connectivity index (χ1v) is 10.4. The average Bonchev–Trinajstić information content (AvgIpc) is 2.76. The average molecular weight is 466 g/mol. The summed E-state index contributed by atoms with van der Waals surface area (Å²) >= 11 is 0. The largest absolute Gasteiger partial charge is 0.508 e. The molecule has 0 saturated carbocycles. The molecule has 0 saturated heterocycles. The van der Waals surface area contributed by atoms with Gasteiger partial charge in [-0.2, -0.15) is 0 Å². The predicted molar refractivity (Wildman–Crippen MR) is 118 cm³/mol. The molecule has 0 aliphatic rings. The molecule has 0 fully saturated rings. The number of aromatic hydroxyl groups is 1. The maximum atomic E-state index is 13.0. The van der Waals surface area contributed by atoms with Crippen LogP contribution in [0.4, 0.5) is 0 Å². The van der Waals surface area contributed by atoms with Gasteiger partial charge in [0, 0.05) is 6.42 Å². The van der Waals surface area contributed by atoms with Crippen LogP contribution >= 0.6 is 0 Å². The summed E-state index contributed by atoms with van der Waals surface area (Å²) in [5.41, 5.74) is 11.0. The third kappa shape index (κ3) is 9.15. The molecule has 1 aromatic rings. The molecule has 0 spiro atoms. The van der Waals surface area contributed by atoms with E-state index in [0.717, 1.165) is 0 Å². The molecule has 1 aromatic carbocycles. The van der Waals surface area contributed by atoms with Gasteiger partial charge in [0.2, 0.25) is 23.6 Å². The van der Waals surface area contributed by atoms with Crippen molar-refractivity contribution in [3.8, 4) is 5.75 Å². The lowest BCUT2D eigenvalue weighted by Crippen LogP contribution is -2.58. The van der Waals surface area contributed by atoms with E-state index in [1.165, 1.54) is 12.1 Å². The summed E-state index contributed by atoms with van der Waals surface area (Å²) in [6, 6.07) is 2.21. The first-order chi connectivity index (χ1) is 15.5. The maximum absolute atomic E-state index is 13.0. The van der Waals surface area contributed by atoms with Crippen LogP contribution in [0, 0.1) is 5.92 Å². The number of phenolic OH excluding ortho intramolecular Hbond substituents is 1. The fourth-order valence-corrected chi connectivity index (χ4v) is 2.95. The van der Waals surface area contributed by atoms with Crippen LogP contribution in [0.2, 0.25) is 0 Å². The molecule has 0 aliphatic carbocycles. The normalized spacial score (nSPS) is 14.3. The Hall–Kier alpha value is -3.67. The molecule has 9 N–H and O–H groups in total. The van der Waals surface area contributed by atoms with Crippen LogP contribution in [0.1, 0.15) is 32.3 Å². The van der Waals surface area contributed by atoms with Crippen LogP contribution in [0.5, 0.6) is 5.75 Å². The van der Waals surface area contributed by atoms with E-state index < -0.39 is 60.1 Å². The predicted octanol–water partition coefficient (Wildman–Crippen LogP) is -1.65. The molecule has 0 aromatic heterocycles. The van der Waals surface area contributed by atoms with Crippen molar-refractivity contribution in [3.05, 3.63) is 29.8 Å². The van der Waals surface area contributed by atoms with Crippen molar-refractivity contribution in [2.75, 3.05) is 6.54 Å². The third-order valence-electron chi connectivity index (χ3n) is 5.03. The number of carbonyl (C=O) groups is 5. The standard InChI is InChI=1S/C21H31N5O7/c1-3-11(2)18(20(31)25-15(21(32)33)9-16(23)28)26-19(30)14(24-17(29)10-22)8-12-4-6-13(27)7-5-12/h4-7,11,14-15,18,27H,3,8-10,22H2,1-2H3,(H2,23,28)(H,24,29)(H,25,31)(H,26,30)(H,32,33). The van der Waals surface area contributed by atoms with Crippen LogP contribution < -0.4 is 27.4 Å². The van der Waals surface area contributed by atoms with Gasteiger partial charge in [-0.25, -0.2) is 4.79 Å². The number of carboxylic acid groups (broad SMARTS) is 1. The molecular formula is C21H31N5O7. The summed E-state index contributed by atoms with van der Waals surface area (Å²) in [5, 5.41) is 26.0. The molecule has 4 unspecified atom stereocenters. The lowest BCUT2D eigenvalue weighted by atomic mass is 9.96. The summed E-state index contributed by atoms with van der Waals surface area (Å²) in [5.74, 6) is -4.82. The summed E-state index contributed by atoms with van der Waals surface area (Å²) in [4.78, 5) is 60.1. The lowest BCUT2D eigenvalue weighted by molar-refractivity contribution is -0.144. The van der Waals surface area contributed by atoms with Gasteiger partial charge >= 0.3 is 5.97 Å². The minimum atomic E-state index is -1.55. The first kappa shape index (κ1) is 27.4. The van der Waals surface area contributed by atoms with Crippen molar-refractivity contribution >= 4 is 29.6 Å². The molecule has 33 heavy (non-hydrogen) atoms. The zero-order valence-corrected chi connectivity index (χ0v) is 18.5. The quantitative estimate of drug-likeness (QED) is 0.179. The van der Waals surface area contributed by atoms with Gasteiger partial charge in [-0.3, -0.25) is 19.2 Å². The number of carbonyl (C=O) groups excluding carboxylic acids is 4. The number of aliphatic carboxylic acids is 1. The van der Waals surface area contributed by atoms with E-state index >= 15 is 0 Å². The van der Waals surface area contributed by atoms with E-state index in [1.54, 1.807) is 26.0 Å². The Kier molecular flexibility index (Phi) is 10.8. The molecule has 0 bridgehead atoms. The number of carboxylic acids is 1. The zero-order chi connectivity index (χ0) is 25.1. The third-order valence-corrected chi connectivity index (χ3v) is 5.03. The number of primary amides is 1. The fourth-order valence-electron chi connectivity index (χ4n) is 2.95. The van der Waals surface area contributed by atoms with Crippen molar-refractivity contribution in [3.63, 3.8) is 0 Å². The van der Waals surface area contributed by atoms with E-state index in [0.29, 0.717) is 12.0 Å². The van der Waals surface area contributed by atoms with Crippen LogP contribution in [-0.4, -0.2) is 64.5 Å². The zero-order valence-electron chi connectivity index (χ0n) is 18.5. The van der Waals surface area contributed by atoms with Crippen molar-refractivity contribution in [1.82, 2.24) is 16.0 Å². The molecule has 182 valence electrons. The molecule has 0 aliphatic heterocycles. The van der Waals surface area contributed by atoms with Crippen molar-refractivity contribution < 1.29 is 34.2 Å². The number of amides is 4. The topological polar surface area (TPSA) is 214 Å². The monoisotopic (exact) mass is 465 g/mol. The van der Waals surface area contributed by atoms with Gasteiger partial charge in [-0.05, 0) is 23.6 Å². The molecule has 0 heterocycles. The van der Waals surface area contributed by atoms with Crippen molar-refractivity contribution in [1.29, 1.82) is 0 Å². The summed E-state index contributed by atoms with van der Waals surface area (Å²) < 4.78 is 0. The number of benzene rings is 1. The second-order valence-corrected chi connectivity index (χ2v) is 7.64. The lowest BCUT2D eigenvalue weighted by Gasteiger charge is -2.27. The number of hydrogen-bond acceptors (Lipinski definition) is 7. The van der Waals surface area contributed by atoms with E-state index in [9.17, 15) is 34.2 Å². The highest BCUT2D eigenvalue weighted by molar-refractivity contribution is 5.94. The minimum Gasteiger partial charge on any atom is -0.508 e. The molecule has 0 radical (unpaired) electrons. The van der Waals surface area contributed by atoms with Crippen LogP contribution in [0.15, 0.2) is 24.3 Å². The van der Waals surface area contributed by atoms with Gasteiger partial charge in [0.15, 0.2) is 0 Å². The smallest absolute Gasteiger partial charge is 0.326 e. The first-order valence-electron chi connectivity index (χ1n) is 10.4. The summed E-state index contributed by atoms with van der Waals surface area (Å²) in [6.45, 7) is 3.10. The highest BCUT2D eigenvalue weighted by Gasteiger charge is 2.32. The Morgan fingerprint density at radius 3 is 2.06 bits per heavy atom. The van der Waals surface area contributed by atoms with Gasteiger partial charge in [-0.15, -0.1) is 0 Å². The highest BCUT2D eigenvalue weighted by atomic mass is 16.4. The highest BCUT2D eigenvalue weighted by Crippen LogP contribution is 2.13. The molecule has 12 heteroatoms. The summed E-state index contributed by atoms with van der Waals surface area (Å²) in [7, 11) is 0. The second-order valence-electron chi connectivity index (χ2n) is 7.64. The molecule has 12 nitrogen and oxygen atoms in total. The van der Waals surface area contributed by atoms with E-state index in [2.05, 4.69) is 16.0 Å². The van der Waals surface area contributed by atoms with Crippen molar-refractivity contribution in [2.24, 2.45) is 17.4 Å². The van der Waals surface area contributed by atoms with Gasteiger partial charge in [0.05, 0.1) is 13.0 Å². The maximum Gasteiger partial charge on any atom is 0.326 e. The molecular weight excluding hydrogens is 434 g/mol. The SMILES string of the molecule is CCC(C)C(NC(=O)C(Cc1ccc(O)cc1)NC(=O)CN)C(=O)NC(CC(N)=O)C(=O)O. The Bertz CT molecular complexity index is 859. The fraction of sp³-hybridized carbons (Fsp3) is 0.476. The van der Waals surface area contributed by atoms with Crippen LogP contribution in [0.3, 0.4) is 0 Å². The van der Waals surface area contributed by atoms with Gasteiger partial charge in [0.1, 0.15) is 23.9 Å².